The Hall–Kier alpha value is -0.410. The molecule has 0 saturated heterocycles. The molecule has 0 N–H and O–H groups in total. The molecule has 0 radical (unpaired) electrons. The Balaban J connectivity index is 2.59. The highest BCUT2D eigenvalue weighted by molar-refractivity contribution is 5.82. The highest BCUT2D eigenvalue weighted by Crippen LogP contribution is 2.37. The van der Waals surface area contributed by atoms with Gasteiger partial charge in [0.15, 0.2) is 0 Å². The molecule has 3 nitrogen and oxygen atoms in total. The van der Waals surface area contributed by atoms with Crippen LogP contribution in [0.4, 0.5) is 0 Å². The van der Waals surface area contributed by atoms with Gasteiger partial charge in [0.25, 0.3) is 0 Å². The molecule has 0 aromatic rings. The Morgan fingerprint density at radius 1 is 1.25 bits per heavy atom. The van der Waals surface area contributed by atoms with Crippen molar-refractivity contribution < 1.29 is 4.79 Å². The van der Waals surface area contributed by atoms with Crippen molar-refractivity contribution in [2.45, 2.75) is 47.0 Å². The van der Waals surface area contributed by atoms with Crippen LogP contribution in [0, 0.1) is 17.3 Å². The van der Waals surface area contributed by atoms with Gasteiger partial charge in [-0.25, -0.2) is 0 Å². The molecule has 1 aliphatic rings. The van der Waals surface area contributed by atoms with Crippen LogP contribution in [0.1, 0.15) is 47.0 Å². The molecular weight excluding hydrogens is 248 g/mol. The van der Waals surface area contributed by atoms with Crippen LogP contribution in [-0.2, 0) is 4.79 Å². The number of nitrogens with zero attached hydrogens (tertiary/aromatic N) is 2. The molecule has 1 unspecified atom stereocenters. The molecule has 0 aromatic carbocycles. The van der Waals surface area contributed by atoms with E-state index in [9.17, 15) is 4.79 Å². The van der Waals surface area contributed by atoms with Crippen LogP contribution in [0.25, 0.3) is 0 Å². The molecule has 0 amide bonds. The quantitative estimate of drug-likeness (QED) is 0.717. The highest BCUT2D eigenvalue weighted by atomic mass is 16.1. The molecule has 20 heavy (non-hydrogen) atoms. The number of carbonyl (C=O) groups is 1. The van der Waals surface area contributed by atoms with Gasteiger partial charge in [-0.05, 0) is 38.3 Å². The van der Waals surface area contributed by atoms with Crippen molar-refractivity contribution in [1.29, 1.82) is 0 Å². The normalized spacial score (nSPS) is 23.1. The van der Waals surface area contributed by atoms with Crippen LogP contribution < -0.4 is 0 Å². The van der Waals surface area contributed by atoms with Crippen molar-refractivity contribution >= 4 is 5.78 Å². The van der Waals surface area contributed by atoms with Crippen LogP contribution in [0.15, 0.2) is 0 Å². The summed E-state index contributed by atoms with van der Waals surface area (Å²) >= 11 is 0. The summed E-state index contributed by atoms with van der Waals surface area (Å²) in [5.41, 5.74) is 0.337. The summed E-state index contributed by atoms with van der Waals surface area (Å²) in [4.78, 5) is 16.9. The highest BCUT2D eigenvalue weighted by Gasteiger charge is 2.34. The minimum Gasteiger partial charge on any atom is -0.308 e. The van der Waals surface area contributed by atoms with Gasteiger partial charge in [0.05, 0.1) is 0 Å². The van der Waals surface area contributed by atoms with E-state index >= 15 is 0 Å². The lowest BCUT2D eigenvalue weighted by atomic mass is 9.71. The lowest BCUT2D eigenvalue weighted by Gasteiger charge is -2.37. The topological polar surface area (TPSA) is 23.6 Å². The van der Waals surface area contributed by atoms with Crippen LogP contribution >= 0.6 is 0 Å². The van der Waals surface area contributed by atoms with Crippen molar-refractivity contribution in [3.05, 3.63) is 0 Å². The first kappa shape index (κ1) is 17.6. The monoisotopic (exact) mass is 282 g/mol. The van der Waals surface area contributed by atoms with Gasteiger partial charge in [-0.15, -0.1) is 0 Å². The van der Waals surface area contributed by atoms with E-state index in [1.165, 1.54) is 0 Å². The zero-order valence-corrected chi connectivity index (χ0v) is 14.4. The van der Waals surface area contributed by atoms with E-state index in [1.54, 1.807) is 0 Å². The van der Waals surface area contributed by atoms with Crippen LogP contribution in [0.2, 0.25) is 0 Å². The van der Waals surface area contributed by atoms with Crippen molar-refractivity contribution in [3.8, 4) is 0 Å². The average molecular weight is 282 g/mol. The van der Waals surface area contributed by atoms with E-state index in [4.69, 9.17) is 0 Å². The first-order valence-corrected chi connectivity index (χ1v) is 8.09. The van der Waals surface area contributed by atoms with Crippen LogP contribution in [0.3, 0.4) is 0 Å². The lowest BCUT2D eigenvalue weighted by molar-refractivity contribution is -0.127. The Kier molecular flexibility index (Phi) is 6.67. The summed E-state index contributed by atoms with van der Waals surface area (Å²) in [6.07, 6.45) is 2.90. The van der Waals surface area contributed by atoms with Gasteiger partial charge in [0.2, 0.25) is 0 Å². The SMILES string of the molecule is CC(C)CN(CCN(C)C)CC1CC(C)(C)CCC1=O. The van der Waals surface area contributed by atoms with E-state index in [1.807, 2.05) is 0 Å². The van der Waals surface area contributed by atoms with Crippen molar-refractivity contribution in [2.75, 3.05) is 40.3 Å². The number of hydrogen-bond acceptors (Lipinski definition) is 3. The zero-order valence-electron chi connectivity index (χ0n) is 14.4. The first-order valence-electron chi connectivity index (χ1n) is 8.09. The third kappa shape index (κ3) is 6.36. The minimum absolute atomic E-state index is 0.250. The smallest absolute Gasteiger partial charge is 0.137 e. The van der Waals surface area contributed by atoms with E-state index in [0.717, 1.165) is 45.4 Å². The van der Waals surface area contributed by atoms with Crippen molar-refractivity contribution in [3.63, 3.8) is 0 Å². The number of hydrogen-bond donors (Lipinski definition) is 0. The standard InChI is InChI=1S/C17H34N2O/c1-14(2)12-19(10-9-18(5)6)13-15-11-17(3,4)8-7-16(15)20/h14-15H,7-13H2,1-6H3. The van der Waals surface area contributed by atoms with Gasteiger partial charge in [0.1, 0.15) is 5.78 Å². The second-order valence-corrected chi connectivity index (χ2v) is 7.99. The molecule has 1 fully saturated rings. The maximum absolute atomic E-state index is 12.2. The van der Waals surface area contributed by atoms with Gasteiger partial charge in [-0.1, -0.05) is 27.7 Å². The Bertz CT molecular complexity index is 310. The molecule has 0 heterocycles. The lowest BCUT2D eigenvalue weighted by Crippen LogP contribution is -2.42. The summed E-state index contributed by atoms with van der Waals surface area (Å²) in [5, 5.41) is 0. The maximum Gasteiger partial charge on any atom is 0.137 e. The molecule has 0 aromatic heterocycles. The summed E-state index contributed by atoms with van der Waals surface area (Å²) in [5.74, 6) is 1.39. The number of likely N-dealkylation sites (N-methyl/N-ethyl adjacent to an activating group) is 1. The molecule has 1 atom stereocenters. The molecular formula is C17H34N2O. The summed E-state index contributed by atoms with van der Waals surface area (Å²) in [7, 11) is 4.23. The fraction of sp³-hybridized carbons (Fsp3) is 0.941. The van der Waals surface area contributed by atoms with Crippen molar-refractivity contribution in [1.82, 2.24) is 9.80 Å². The predicted molar refractivity (Wildman–Crippen MR) is 86.0 cm³/mol. The van der Waals surface area contributed by atoms with E-state index < -0.39 is 0 Å². The summed E-state index contributed by atoms with van der Waals surface area (Å²) < 4.78 is 0. The van der Waals surface area contributed by atoms with Gasteiger partial charge in [0, 0.05) is 38.5 Å². The Labute approximate surface area is 125 Å². The largest absolute Gasteiger partial charge is 0.308 e. The number of Topliss-reactive ketones (excluding diaryl/α,β-unsaturated/α-hetero) is 1. The maximum atomic E-state index is 12.2. The average Bonchev–Trinajstić information content (AvgIpc) is 2.30. The van der Waals surface area contributed by atoms with Crippen molar-refractivity contribution in [2.24, 2.45) is 17.3 Å². The van der Waals surface area contributed by atoms with Gasteiger partial charge in [-0.3, -0.25) is 4.79 Å². The van der Waals surface area contributed by atoms with Gasteiger partial charge < -0.3 is 9.80 Å². The first-order chi connectivity index (χ1) is 9.19. The second kappa shape index (κ2) is 7.56. The zero-order chi connectivity index (χ0) is 15.3. The fourth-order valence-corrected chi connectivity index (χ4v) is 3.14. The van der Waals surface area contributed by atoms with E-state index in [0.29, 0.717) is 17.1 Å². The third-order valence-corrected chi connectivity index (χ3v) is 4.27. The number of carbonyl (C=O) groups excluding carboxylic acids is 1. The van der Waals surface area contributed by atoms with E-state index in [2.05, 4.69) is 51.6 Å². The Morgan fingerprint density at radius 3 is 2.45 bits per heavy atom. The van der Waals surface area contributed by atoms with E-state index in [-0.39, 0.29) is 5.92 Å². The molecule has 1 rings (SSSR count). The van der Waals surface area contributed by atoms with Crippen LogP contribution in [0.5, 0.6) is 0 Å². The minimum atomic E-state index is 0.250. The predicted octanol–water partition coefficient (Wildman–Crippen LogP) is 2.90. The molecule has 1 saturated carbocycles. The molecule has 1 aliphatic carbocycles. The number of rotatable bonds is 7. The number of ketones is 1. The third-order valence-electron chi connectivity index (χ3n) is 4.27. The summed E-state index contributed by atoms with van der Waals surface area (Å²) in [6.45, 7) is 13.3. The fourth-order valence-electron chi connectivity index (χ4n) is 3.14. The molecule has 0 aliphatic heterocycles. The molecule has 118 valence electrons. The molecule has 3 heteroatoms. The molecule has 0 spiro atoms. The molecule has 0 bridgehead atoms. The van der Waals surface area contributed by atoms with Gasteiger partial charge >= 0.3 is 0 Å². The van der Waals surface area contributed by atoms with Gasteiger partial charge in [-0.2, -0.15) is 0 Å². The van der Waals surface area contributed by atoms with Crippen LogP contribution in [-0.4, -0.2) is 55.9 Å². The summed E-state index contributed by atoms with van der Waals surface area (Å²) in [6, 6.07) is 0. The second-order valence-electron chi connectivity index (χ2n) is 7.99. The Morgan fingerprint density at radius 2 is 1.90 bits per heavy atom.